The molecule has 2 atom stereocenters. The molecule has 0 heterocycles. The zero-order chi connectivity index (χ0) is 6.48. The summed E-state index contributed by atoms with van der Waals surface area (Å²) < 4.78 is -0.141. The van der Waals surface area contributed by atoms with E-state index in [4.69, 9.17) is 0 Å². The average molecular weight is 142 g/mol. The molecule has 2 heteroatoms. The molecular formula is C7H10OS. The van der Waals surface area contributed by atoms with Crippen molar-refractivity contribution in [1.29, 1.82) is 0 Å². The number of thiol groups is 1. The maximum atomic E-state index is 11.0. The Morgan fingerprint density at radius 3 is 2.78 bits per heavy atom. The second kappa shape index (κ2) is 1.54. The summed E-state index contributed by atoms with van der Waals surface area (Å²) in [5.74, 6) is 0.748. The van der Waals surface area contributed by atoms with E-state index in [0.29, 0.717) is 11.7 Å². The van der Waals surface area contributed by atoms with E-state index >= 15 is 0 Å². The minimum absolute atomic E-state index is 0.141. The van der Waals surface area contributed by atoms with Crippen LogP contribution in [0.1, 0.15) is 25.7 Å². The summed E-state index contributed by atoms with van der Waals surface area (Å²) in [6.07, 6.45) is 4.56. The van der Waals surface area contributed by atoms with Gasteiger partial charge in [0.2, 0.25) is 0 Å². The Balaban J connectivity index is 2.18. The first-order chi connectivity index (χ1) is 4.25. The van der Waals surface area contributed by atoms with Crippen LogP contribution in [0.3, 0.4) is 0 Å². The summed E-state index contributed by atoms with van der Waals surface area (Å²) in [4.78, 5) is 11.0. The average Bonchev–Trinajstić information content (AvgIpc) is 2.38. The molecule has 0 aromatic heterocycles. The summed E-state index contributed by atoms with van der Waals surface area (Å²) in [6.45, 7) is 0. The third-order valence-electron chi connectivity index (χ3n) is 2.54. The Morgan fingerprint density at radius 1 is 1.56 bits per heavy atom. The summed E-state index contributed by atoms with van der Waals surface area (Å²) in [5.41, 5.74) is 0. The quantitative estimate of drug-likeness (QED) is 0.506. The van der Waals surface area contributed by atoms with E-state index in [9.17, 15) is 4.79 Å². The SMILES string of the molecule is O=C1C2CCCCC12S. The monoisotopic (exact) mass is 142 g/mol. The van der Waals surface area contributed by atoms with Gasteiger partial charge < -0.3 is 0 Å². The van der Waals surface area contributed by atoms with Crippen molar-refractivity contribution >= 4 is 18.4 Å². The molecule has 1 nitrogen and oxygen atoms in total. The van der Waals surface area contributed by atoms with Crippen molar-refractivity contribution in [3.05, 3.63) is 0 Å². The smallest absolute Gasteiger partial charge is 0.154 e. The zero-order valence-corrected chi connectivity index (χ0v) is 6.16. The van der Waals surface area contributed by atoms with Gasteiger partial charge in [-0.05, 0) is 12.8 Å². The number of Topliss-reactive ketones (excluding diaryl/α,β-unsaturated/α-hetero) is 1. The van der Waals surface area contributed by atoms with E-state index in [1.807, 2.05) is 0 Å². The van der Waals surface area contributed by atoms with Crippen molar-refractivity contribution in [3.8, 4) is 0 Å². The lowest BCUT2D eigenvalue weighted by Gasteiger charge is -2.11. The Hall–Kier alpha value is 0.0200. The van der Waals surface area contributed by atoms with Gasteiger partial charge in [0.15, 0.2) is 5.78 Å². The van der Waals surface area contributed by atoms with Gasteiger partial charge in [-0.1, -0.05) is 12.8 Å². The van der Waals surface area contributed by atoms with Crippen LogP contribution in [0.25, 0.3) is 0 Å². The van der Waals surface area contributed by atoms with Gasteiger partial charge in [-0.3, -0.25) is 4.79 Å². The van der Waals surface area contributed by atoms with Crippen LogP contribution in [-0.4, -0.2) is 10.5 Å². The molecule has 2 rings (SSSR count). The molecule has 0 amide bonds. The summed E-state index contributed by atoms with van der Waals surface area (Å²) >= 11 is 4.34. The highest BCUT2D eigenvalue weighted by molar-refractivity contribution is 7.83. The van der Waals surface area contributed by atoms with Gasteiger partial charge in [-0.25, -0.2) is 0 Å². The van der Waals surface area contributed by atoms with Crippen LogP contribution in [-0.2, 0) is 4.79 Å². The Bertz CT molecular complexity index is 166. The highest BCUT2D eigenvalue weighted by Gasteiger charge is 2.62. The van der Waals surface area contributed by atoms with Gasteiger partial charge in [-0.2, -0.15) is 12.6 Å². The molecule has 0 aromatic rings. The number of fused-ring (bicyclic) bond motifs is 1. The molecule has 2 saturated carbocycles. The second-order valence-electron chi connectivity index (χ2n) is 3.09. The molecule has 50 valence electrons. The maximum Gasteiger partial charge on any atom is 0.154 e. The standard InChI is InChI=1S/C7H10OS/c8-6-5-3-1-2-4-7(5,6)9/h5,9H,1-4H2. The molecule has 0 bridgehead atoms. The zero-order valence-electron chi connectivity index (χ0n) is 5.26. The number of hydrogen-bond donors (Lipinski definition) is 1. The summed E-state index contributed by atoms with van der Waals surface area (Å²) in [6, 6.07) is 0. The highest BCUT2D eigenvalue weighted by Crippen LogP contribution is 2.54. The maximum absolute atomic E-state index is 11.0. The molecule has 0 saturated heterocycles. The molecule has 2 aliphatic rings. The minimum Gasteiger partial charge on any atom is -0.298 e. The molecule has 9 heavy (non-hydrogen) atoms. The number of rotatable bonds is 0. The lowest BCUT2D eigenvalue weighted by Crippen LogP contribution is -2.08. The third kappa shape index (κ3) is 0.599. The van der Waals surface area contributed by atoms with Crippen LogP contribution in [0.4, 0.5) is 0 Å². The van der Waals surface area contributed by atoms with Crippen molar-refractivity contribution in [2.45, 2.75) is 30.4 Å². The predicted molar refractivity (Wildman–Crippen MR) is 38.7 cm³/mol. The van der Waals surface area contributed by atoms with Crippen molar-refractivity contribution < 1.29 is 4.79 Å². The molecule has 2 fully saturated rings. The Labute approximate surface area is 60.2 Å². The van der Waals surface area contributed by atoms with Gasteiger partial charge in [-0.15, -0.1) is 0 Å². The van der Waals surface area contributed by atoms with Crippen LogP contribution in [0.15, 0.2) is 0 Å². The number of ketones is 1. The van der Waals surface area contributed by atoms with E-state index in [2.05, 4.69) is 12.6 Å². The van der Waals surface area contributed by atoms with Gasteiger partial charge in [0.25, 0.3) is 0 Å². The molecule has 2 aliphatic carbocycles. The van der Waals surface area contributed by atoms with Crippen molar-refractivity contribution in [1.82, 2.24) is 0 Å². The second-order valence-corrected chi connectivity index (χ2v) is 3.88. The Morgan fingerprint density at radius 2 is 2.33 bits per heavy atom. The van der Waals surface area contributed by atoms with Crippen LogP contribution in [0, 0.1) is 5.92 Å². The number of carbonyl (C=O) groups excluding carboxylic acids is 1. The van der Waals surface area contributed by atoms with E-state index in [0.717, 1.165) is 12.8 Å². The van der Waals surface area contributed by atoms with Crippen molar-refractivity contribution in [2.24, 2.45) is 5.92 Å². The fourth-order valence-corrected chi connectivity index (χ4v) is 2.31. The summed E-state index contributed by atoms with van der Waals surface area (Å²) in [7, 11) is 0. The van der Waals surface area contributed by atoms with E-state index < -0.39 is 0 Å². The fraction of sp³-hybridized carbons (Fsp3) is 0.857. The number of hydrogen-bond acceptors (Lipinski definition) is 2. The first-order valence-electron chi connectivity index (χ1n) is 3.52. The minimum atomic E-state index is -0.141. The van der Waals surface area contributed by atoms with Crippen LogP contribution >= 0.6 is 12.6 Å². The Kier molecular flexibility index (Phi) is 0.989. The molecule has 0 spiro atoms. The highest BCUT2D eigenvalue weighted by atomic mass is 32.1. The molecular weight excluding hydrogens is 132 g/mol. The summed E-state index contributed by atoms with van der Waals surface area (Å²) in [5, 5.41) is 0. The molecule has 0 radical (unpaired) electrons. The van der Waals surface area contributed by atoms with Crippen LogP contribution in [0.5, 0.6) is 0 Å². The predicted octanol–water partition coefficient (Wildman–Crippen LogP) is 1.43. The lowest BCUT2D eigenvalue weighted by molar-refractivity contribution is -0.111. The first kappa shape index (κ1) is 5.78. The largest absolute Gasteiger partial charge is 0.298 e. The van der Waals surface area contributed by atoms with Gasteiger partial charge in [0, 0.05) is 5.92 Å². The topological polar surface area (TPSA) is 17.1 Å². The van der Waals surface area contributed by atoms with Gasteiger partial charge in [0.1, 0.15) is 0 Å². The van der Waals surface area contributed by atoms with E-state index in [1.54, 1.807) is 0 Å². The normalized spacial score (nSPS) is 48.6. The van der Waals surface area contributed by atoms with Crippen molar-refractivity contribution in [2.75, 3.05) is 0 Å². The molecule has 0 N–H and O–H groups in total. The van der Waals surface area contributed by atoms with E-state index in [1.165, 1.54) is 12.8 Å². The van der Waals surface area contributed by atoms with Gasteiger partial charge >= 0.3 is 0 Å². The number of carbonyl (C=O) groups is 1. The lowest BCUT2D eigenvalue weighted by atomic mass is 10.0. The van der Waals surface area contributed by atoms with E-state index in [-0.39, 0.29) is 4.75 Å². The molecule has 0 aliphatic heterocycles. The fourth-order valence-electron chi connectivity index (χ4n) is 1.81. The first-order valence-corrected chi connectivity index (χ1v) is 3.96. The molecule has 0 aromatic carbocycles. The third-order valence-corrected chi connectivity index (χ3v) is 3.29. The van der Waals surface area contributed by atoms with Crippen LogP contribution < -0.4 is 0 Å². The molecule has 2 unspecified atom stereocenters. The van der Waals surface area contributed by atoms with Crippen molar-refractivity contribution in [3.63, 3.8) is 0 Å². The van der Waals surface area contributed by atoms with Gasteiger partial charge in [0.05, 0.1) is 4.75 Å². The van der Waals surface area contributed by atoms with Crippen LogP contribution in [0.2, 0.25) is 0 Å².